The summed E-state index contributed by atoms with van der Waals surface area (Å²) in [5, 5.41) is 31.6. The Morgan fingerprint density at radius 3 is 2.16 bits per heavy atom. The van der Waals surface area contributed by atoms with E-state index in [1.54, 1.807) is 42.5 Å². The lowest BCUT2D eigenvalue weighted by molar-refractivity contribution is 0.100. The van der Waals surface area contributed by atoms with Crippen LogP contribution < -0.4 is 4.90 Å². The van der Waals surface area contributed by atoms with Crippen LogP contribution in [0.5, 0.6) is 11.5 Å². The number of carbonyl (C=O) groups is 1. The SMILES string of the molecule is O=C1O[C@H](CC[C@H](O)c2ccc(F)cc2)[C@@H](c2ccc(-c3cccc(O)c3)cc2O)N1c1ccc(F)cc1. The highest BCUT2D eigenvalue weighted by molar-refractivity contribution is 5.91. The topological polar surface area (TPSA) is 90.2 Å². The van der Waals surface area contributed by atoms with E-state index in [1.807, 2.05) is 0 Å². The van der Waals surface area contributed by atoms with E-state index in [2.05, 4.69) is 0 Å². The Morgan fingerprint density at radius 1 is 0.842 bits per heavy atom. The average molecular weight is 518 g/mol. The normalized spacial score (nSPS) is 17.9. The van der Waals surface area contributed by atoms with Gasteiger partial charge in [0, 0.05) is 11.3 Å². The number of phenolic OH excluding ortho intramolecular Hbond substituents is 2. The monoisotopic (exact) mass is 517 g/mol. The number of cyclic esters (lactones) is 1. The van der Waals surface area contributed by atoms with Crippen molar-refractivity contribution in [2.75, 3.05) is 4.90 Å². The molecule has 6 nitrogen and oxygen atoms in total. The number of hydrogen-bond acceptors (Lipinski definition) is 5. The zero-order valence-electron chi connectivity index (χ0n) is 20.2. The second-order valence-electron chi connectivity index (χ2n) is 9.18. The van der Waals surface area contributed by atoms with Crippen LogP contribution in [0.1, 0.15) is 36.1 Å². The zero-order valence-corrected chi connectivity index (χ0v) is 20.2. The predicted octanol–water partition coefficient (Wildman–Crippen LogP) is 6.62. The fraction of sp³-hybridized carbons (Fsp3) is 0.167. The Morgan fingerprint density at radius 2 is 1.50 bits per heavy atom. The molecule has 3 N–H and O–H groups in total. The Kier molecular flexibility index (Phi) is 6.98. The lowest BCUT2D eigenvalue weighted by Gasteiger charge is -2.26. The molecule has 4 aromatic carbocycles. The lowest BCUT2D eigenvalue weighted by atomic mass is 9.92. The molecule has 0 aromatic heterocycles. The van der Waals surface area contributed by atoms with Gasteiger partial charge in [0.2, 0.25) is 0 Å². The number of benzene rings is 4. The molecule has 194 valence electrons. The van der Waals surface area contributed by atoms with E-state index in [-0.39, 0.29) is 24.3 Å². The van der Waals surface area contributed by atoms with E-state index >= 15 is 0 Å². The molecular formula is C30H25F2NO5. The molecule has 1 aliphatic rings. The summed E-state index contributed by atoms with van der Waals surface area (Å²) in [5.41, 5.74) is 2.68. The first-order valence-electron chi connectivity index (χ1n) is 12.1. The first kappa shape index (κ1) is 25.2. The van der Waals surface area contributed by atoms with Gasteiger partial charge in [-0.25, -0.2) is 13.6 Å². The number of amides is 1. The molecule has 1 heterocycles. The highest BCUT2D eigenvalue weighted by atomic mass is 19.1. The van der Waals surface area contributed by atoms with E-state index < -0.39 is 36.0 Å². The van der Waals surface area contributed by atoms with Crippen LogP contribution >= 0.6 is 0 Å². The van der Waals surface area contributed by atoms with Crippen LogP contribution in [0.25, 0.3) is 11.1 Å². The van der Waals surface area contributed by atoms with Crippen LogP contribution in [0.2, 0.25) is 0 Å². The molecule has 0 aliphatic carbocycles. The van der Waals surface area contributed by atoms with E-state index in [0.29, 0.717) is 27.9 Å². The van der Waals surface area contributed by atoms with Crippen molar-refractivity contribution >= 4 is 11.8 Å². The van der Waals surface area contributed by atoms with Gasteiger partial charge >= 0.3 is 6.09 Å². The van der Waals surface area contributed by atoms with Crippen molar-refractivity contribution in [3.05, 3.63) is 114 Å². The molecule has 0 radical (unpaired) electrons. The van der Waals surface area contributed by atoms with Gasteiger partial charge in [-0.15, -0.1) is 0 Å². The van der Waals surface area contributed by atoms with Gasteiger partial charge in [0.15, 0.2) is 0 Å². The number of aromatic hydroxyl groups is 2. The Labute approximate surface area is 218 Å². The molecule has 1 aliphatic heterocycles. The van der Waals surface area contributed by atoms with E-state index in [9.17, 15) is 28.9 Å². The number of phenols is 2. The van der Waals surface area contributed by atoms with Gasteiger partial charge in [-0.2, -0.15) is 0 Å². The van der Waals surface area contributed by atoms with Crippen LogP contribution in [-0.2, 0) is 4.74 Å². The minimum absolute atomic E-state index is 0.0862. The summed E-state index contributed by atoms with van der Waals surface area (Å²) in [6, 6.07) is 21.7. The van der Waals surface area contributed by atoms with Crippen LogP contribution in [0, 0.1) is 11.6 Å². The van der Waals surface area contributed by atoms with Crippen LogP contribution in [-0.4, -0.2) is 27.5 Å². The smallest absolute Gasteiger partial charge is 0.415 e. The summed E-state index contributed by atoms with van der Waals surface area (Å²) >= 11 is 0. The maximum Gasteiger partial charge on any atom is 0.415 e. The maximum absolute atomic E-state index is 13.6. The molecular weight excluding hydrogens is 492 g/mol. The van der Waals surface area contributed by atoms with Crippen LogP contribution in [0.15, 0.2) is 91.0 Å². The van der Waals surface area contributed by atoms with E-state index in [1.165, 1.54) is 53.4 Å². The predicted molar refractivity (Wildman–Crippen MR) is 138 cm³/mol. The molecule has 1 fully saturated rings. The number of ether oxygens (including phenoxy) is 1. The summed E-state index contributed by atoms with van der Waals surface area (Å²) in [4.78, 5) is 14.4. The first-order valence-corrected chi connectivity index (χ1v) is 12.1. The molecule has 1 amide bonds. The van der Waals surface area contributed by atoms with Gasteiger partial charge < -0.3 is 20.1 Å². The molecule has 0 unspecified atom stereocenters. The summed E-state index contributed by atoms with van der Waals surface area (Å²) in [7, 11) is 0. The minimum atomic E-state index is -0.920. The molecule has 3 atom stereocenters. The average Bonchev–Trinajstić information content (AvgIpc) is 3.23. The molecule has 8 heteroatoms. The number of nitrogens with zero attached hydrogens (tertiary/aromatic N) is 1. The van der Waals surface area contributed by atoms with Crippen molar-refractivity contribution in [3.8, 4) is 22.6 Å². The number of anilines is 1. The number of aliphatic hydroxyl groups excluding tert-OH is 1. The van der Waals surface area contributed by atoms with Crippen molar-refractivity contribution in [3.63, 3.8) is 0 Å². The van der Waals surface area contributed by atoms with Crippen molar-refractivity contribution in [2.24, 2.45) is 0 Å². The quantitative estimate of drug-likeness (QED) is 0.256. The summed E-state index contributed by atoms with van der Waals surface area (Å²) < 4.78 is 32.6. The Hall–Kier alpha value is -4.43. The van der Waals surface area contributed by atoms with Gasteiger partial charge in [0.25, 0.3) is 0 Å². The summed E-state index contributed by atoms with van der Waals surface area (Å²) in [6.45, 7) is 0. The highest BCUT2D eigenvalue weighted by Gasteiger charge is 2.44. The largest absolute Gasteiger partial charge is 0.508 e. The molecule has 4 aromatic rings. The molecule has 0 bridgehead atoms. The number of halogens is 2. The van der Waals surface area contributed by atoms with Crippen LogP contribution in [0.4, 0.5) is 19.3 Å². The fourth-order valence-corrected chi connectivity index (χ4v) is 4.79. The summed E-state index contributed by atoms with van der Waals surface area (Å²) in [6.07, 6.45) is -1.89. The second kappa shape index (κ2) is 10.5. The van der Waals surface area contributed by atoms with E-state index in [4.69, 9.17) is 4.74 Å². The van der Waals surface area contributed by atoms with Crippen LogP contribution in [0.3, 0.4) is 0 Å². The maximum atomic E-state index is 13.6. The van der Waals surface area contributed by atoms with Crippen molar-refractivity contribution in [1.82, 2.24) is 0 Å². The van der Waals surface area contributed by atoms with Crippen molar-refractivity contribution < 1.29 is 33.6 Å². The first-order chi connectivity index (χ1) is 18.3. The lowest BCUT2D eigenvalue weighted by Crippen LogP contribution is -2.29. The number of carbonyl (C=O) groups excluding carboxylic acids is 1. The van der Waals surface area contributed by atoms with Gasteiger partial charge in [0.05, 0.1) is 6.10 Å². The number of hydrogen-bond donors (Lipinski definition) is 3. The Balaban J connectivity index is 1.47. The molecule has 0 spiro atoms. The van der Waals surface area contributed by atoms with Gasteiger partial charge in [0.1, 0.15) is 35.3 Å². The third-order valence-electron chi connectivity index (χ3n) is 6.69. The van der Waals surface area contributed by atoms with Gasteiger partial charge in [-0.1, -0.05) is 36.4 Å². The minimum Gasteiger partial charge on any atom is -0.508 e. The molecule has 5 rings (SSSR count). The number of aliphatic hydroxyl groups is 1. The third-order valence-corrected chi connectivity index (χ3v) is 6.69. The number of rotatable bonds is 7. The zero-order chi connectivity index (χ0) is 26.8. The van der Waals surface area contributed by atoms with Crippen molar-refractivity contribution in [1.29, 1.82) is 0 Å². The third kappa shape index (κ3) is 5.17. The van der Waals surface area contributed by atoms with Crippen molar-refractivity contribution in [2.45, 2.75) is 31.1 Å². The van der Waals surface area contributed by atoms with Gasteiger partial charge in [-0.3, -0.25) is 4.90 Å². The second-order valence-corrected chi connectivity index (χ2v) is 9.18. The standard InChI is InChI=1S/C30H25F2NO5/c31-21-7-4-18(5-8-21)26(35)14-15-28-29(33(30(37)38-28)23-11-9-22(32)10-12-23)25-13-6-20(17-27(25)36)19-2-1-3-24(34)16-19/h1-13,16-17,26,28-29,34-36H,14-15H2/t26-,28+,29+/m0/s1. The highest BCUT2D eigenvalue weighted by Crippen LogP contribution is 2.44. The molecule has 38 heavy (non-hydrogen) atoms. The van der Waals surface area contributed by atoms with E-state index in [0.717, 1.165) is 0 Å². The fourth-order valence-electron chi connectivity index (χ4n) is 4.79. The molecule has 1 saturated heterocycles. The Bertz CT molecular complexity index is 1440. The molecule has 0 saturated carbocycles. The van der Waals surface area contributed by atoms with Gasteiger partial charge in [-0.05, 0) is 84.1 Å². The summed E-state index contributed by atoms with van der Waals surface area (Å²) in [5.74, 6) is -0.881.